The molecule has 2 aromatic carbocycles. The normalized spacial score (nSPS) is 16.2. The Morgan fingerprint density at radius 1 is 0.960 bits per heavy atom. The molecule has 1 fully saturated rings. The van der Waals surface area contributed by atoms with E-state index in [0.717, 1.165) is 16.8 Å². The first-order chi connectivity index (χ1) is 11.8. The first-order valence-electron chi connectivity index (χ1n) is 8.06. The van der Waals surface area contributed by atoms with Gasteiger partial charge in [-0.15, -0.1) is 0 Å². The van der Waals surface area contributed by atoms with Crippen LogP contribution in [0.1, 0.15) is 11.1 Å². The zero-order chi connectivity index (χ0) is 18.2. The highest BCUT2D eigenvalue weighted by molar-refractivity contribution is 7.89. The molecule has 1 saturated heterocycles. The van der Waals surface area contributed by atoms with Gasteiger partial charge in [-0.1, -0.05) is 17.7 Å². The molecule has 1 heterocycles. The molecule has 4 nitrogen and oxygen atoms in total. The van der Waals surface area contributed by atoms with Gasteiger partial charge in [0.05, 0.1) is 9.92 Å². The Balaban J connectivity index is 1.74. The van der Waals surface area contributed by atoms with Gasteiger partial charge in [-0.25, -0.2) is 12.8 Å². The van der Waals surface area contributed by atoms with Crippen molar-refractivity contribution in [2.75, 3.05) is 31.1 Å². The van der Waals surface area contributed by atoms with Crippen LogP contribution in [0.4, 0.5) is 10.1 Å². The summed E-state index contributed by atoms with van der Waals surface area (Å²) in [5, 5.41) is 0.0719. The number of hydrogen-bond donors (Lipinski definition) is 0. The molecule has 0 atom stereocenters. The molecule has 0 amide bonds. The van der Waals surface area contributed by atoms with Gasteiger partial charge in [-0.05, 0) is 55.3 Å². The number of sulfonamides is 1. The van der Waals surface area contributed by atoms with Crippen molar-refractivity contribution in [1.29, 1.82) is 0 Å². The van der Waals surface area contributed by atoms with Crippen LogP contribution in [0.5, 0.6) is 0 Å². The smallest absolute Gasteiger partial charge is 0.243 e. The van der Waals surface area contributed by atoms with E-state index in [1.807, 2.05) is 24.8 Å². The largest absolute Gasteiger partial charge is 0.369 e. The standard InChI is InChI=1S/C18H20ClFN2O2S/c1-13-3-5-16(11-14(13)2)25(23,24)22-9-7-21(8-10-22)15-4-6-18(20)17(19)12-15/h3-6,11-12H,7-10H2,1-2H3. The number of aryl methyl sites for hydroxylation is 2. The summed E-state index contributed by atoms with van der Waals surface area (Å²) in [5.74, 6) is -0.457. The summed E-state index contributed by atoms with van der Waals surface area (Å²) in [6.45, 7) is 5.69. The Morgan fingerprint density at radius 2 is 1.64 bits per heavy atom. The predicted molar refractivity (Wildman–Crippen MR) is 98.3 cm³/mol. The first-order valence-corrected chi connectivity index (χ1v) is 9.88. The second-order valence-electron chi connectivity index (χ2n) is 6.24. The summed E-state index contributed by atoms with van der Waals surface area (Å²) in [5.41, 5.74) is 2.83. The van der Waals surface area contributed by atoms with Crippen molar-refractivity contribution in [3.05, 3.63) is 58.4 Å². The van der Waals surface area contributed by atoms with Gasteiger partial charge in [0.1, 0.15) is 5.82 Å². The van der Waals surface area contributed by atoms with Gasteiger partial charge >= 0.3 is 0 Å². The van der Waals surface area contributed by atoms with Crippen LogP contribution in [0.15, 0.2) is 41.3 Å². The van der Waals surface area contributed by atoms with Crippen molar-refractivity contribution in [1.82, 2.24) is 4.31 Å². The van der Waals surface area contributed by atoms with Crippen molar-refractivity contribution >= 4 is 27.3 Å². The van der Waals surface area contributed by atoms with E-state index in [9.17, 15) is 12.8 Å². The molecular weight excluding hydrogens is 363 g/mol. The van der Waals surface area contributed by atoms with Gasteiger partial charge in [0.15, 0.2) is 0 Å². The molecular formula is C18H20ClFN2O2S. The number of piperazine rings is 1. The van der Waals surface area contributed by atoms with Crippen LogP contribution in [0.2, 0.25) is 5.02 Å². The number of nitrogens with zero attached hydrogens (tertiary/aromatic N) is 2. The van der Waals surface area contributed by atoms with Crippen LogP contribution < -0.4 is 4.90 Å². The molecule has 0 saturated carbocycles. The van der Waals surface area contributed by atoms with Gasteiger partial charge in [-0.3, -0.25) is 0 Å². The van der Waals surface area contributed by atoms with E-state index in [-0.39, 0.29) is 5.02 Å². The summed E-state index contributed by atoms with van der Waals surface area (Å²) < 4.78 is 40.5. The SMILES string of the molecule is Cc1ccc(S(=O)(=O)N2CCN(c3ccc(F)c(Cl)c3)CC2)cc1C. The lowest BCUT2D eigenvalue weighted by molar-refractivity contribution is 0.385. The van der Waals surface area contributed by atoms with E-state index in [1.165, 1.54) is 10.4 Å². The Hall–Kier alpha value is -1.63. The number of benzene rings is 2. The lowest BCUT2D eigenvalue weighted by Crippen LogP contribution is -2.48. The first kappa shape index (κ1) is 18.2. The zero-order valence-corrected chi connectivity index (χ0v) is 15.7. The monoisotopic (exact) mass is 382 g/mol. The van der Waals surface area contributed by atoms with Crippen LogP contribution in [0.25, 0.3) is 0 Å². The zero-order valence-electron chi connectivity index (χ0n) is 14.2. The van der Waals surface area contributed by atoms with E-state index in [0.29, 0.717) is 31.1 Å². The van der Waals surface area contributed by atoms with E-state index in [2.05, 4.69) is 0 Å². The average Bonchev–Trinajstić information content (AvgIpc) is 2.60. The molecule has 0 bridgehead atoms. The second kappa shape index (κ2) is 6.94. The van der Waals surface area contributed by atoms with Crippen molar-refractivity contribution in [3.8, 4) is 0 Å². The molecule has 0 unspecified atom stereocenters. The summed E-state index contributed by atoms with van der Waals surface area (Å²) in [6, 6.07) is 9.77. The van der Waals surface area contributed by atoms with Gasteiger partial charge in [0, 0.05) is 31.9 Å². The topological polar surface area (TPSA) is 40.6 Å². The van der Waals surface area contributed by atoms with E-state index in [1.54, 1.807) is 24.3 Å². The third kappa shape index (κ3) is 3.66. The third-order valence-electron chi connectivity index (χ3n) is 4.62. The molecule has 0 radical (unpaired) electrons. The summed E-state index contributed by atoms with van der Waals surface area (Å²) in [4.78, 5) is 2.34. The number of rotatable bonds is 3. The molecule has 0 N–H and O–H groups in total. The summed E-state index contributed by atoms with van der Waals surface area (Å²) >= 11 is 5.83. The van der Waals surface area contributed by atoms with E-state index >= 15 is 0 Å². The molecule has 25 heavy (non-hydrogen) atoms. The number of anilines is 1. The maximum Gasteiger partial charge on any atom is 0.243 e. The van der Waals surface area contributed by atoms with Crippen molar-refractivity contribution in [2.45, 2.75) is 18.7 Å². The quantitative estimate of drug-likeness (QED) is 0.814. The Labute approximate surface area is 152 Å². The fourth-order valence-corrected chi connectivity index (χ4v) is 4.57. The van der Waals surface area contributed by atoms with Gasteiger partial charge < -0.3 is 4.90 Å². The van der Waals surface area contributed by atoms with Crippen LogP contribution in [-0.4, -0.2) is 38.9 Å². The van der Waals surface area contributed by atoms with Crippen molar-refractivity contribution < 1.29 is 12.8 Å². The lowest BCUT2D eigenvalue weighted by atomic mass is 10.1. The van der Waals surface area contributed by atoms with Crippen LogP contribution in [0, 0.1) is 19.7 Å². The summed E-state index contributed by atoms with van der Waals surface area (Å²) in [7, 11) is -3.50. The average molecular weight is 383 g/mol. The van der Waals surface area contributed by atoms with Crippen LogP contribution in [-0.2, 0) is 10.0 Å². The fourth-order valence-electron chi connectivity index (χ4n) is 2.89. The van der Waals surface area contributed by atoms with Crippen molar-refractivity contribution in [3.63, 3.8) is 0 Å². The van der Waals surface area contributed by atoms with Crippen molar-refractivity contribution in [2.24, 2.45) is 0 Å². The highest BCUT2D eigenvalue weighted by Crippen LogP contribution is 2.25. The molecule has 0 aromatic heterocycles. The molecule has 3 rings (SSSR count). The Morgan fingerprint density at radius 3 is 2.24 bits per heavy atom. The second-order valence-corrected chi connectivity index (χ2v) is 8.58. The van der Waals surface area contributed by atoms with E-state index < -0.39 is 15.8 Å². The number of halogens is 2. The highest BCUT2D eigenvalue weighted by atomic mass is 35.5. The highest BCUT2D eigenvalue weighted by Gasteiger charge is 2.28. The minimum atomic E-state index is -3.50. The maximum atomic E-state index is 13.3. The maximum absolute atomic E-state index is 13.3. The molecule has 1 aliphatic rings. The van der Waals surface area contributed by atoms with Crippen LogP contribution >= 0.6 is 11.6 Å². The number of hydrogen-bond acceptors (Lipinski definition) is 3. The molecule has 1 aliphatic heterocycles. The molecule has 2 aromatic rings. The third-order valence-corrected chi connectivity index (χ3v) is 6.81. The Kier molecular flexibility index (Phi) is 5.04. The Bertz CT molecular complexity index is 894. The fraction of sp³-hybridized carbons (Fsp3) is 0.333. The molecule has 0 aliphatic carbocycles. The molecule has 0 spiro atoms. The summed E-state index contributed by atoms with van der Waals surface area (Å²) in [6.07, 6.45) is 0. The minimum Gasteiger partial charge on any atom is -0.369 e. The molecule has 7 heteroatoms. The minimum absolute atomic E-state index is 0.0719. The van der Waals surface area contributed by atoms with E-state index in [4.69, 9.17) is 11.6 Å². The lowest BCUT2D eigenvalue weighted by Gasteiger charge is -2.35. The van der Waals surface area contributed by atoms with Gasteiger partial charge in [0.25, 0.3) is 0 Å². The molecule has 134 valence electrons. The van der Waals surface area contributed by atoms with Gasteiger partial charge in [-0.2, -0.15) is 4.31 Å². The predicted octanol–water partition coefficient (Wildman–Crippen LogP) is 3.61. The van der Waals surface area contributed by atoms with Gasteiger partial charge in [0.2, 0.25) is 10.0 Å². The van der Waals surface area contributed by atoms with Crippen LogP contribution in [0.3, 0.4) is 0 Å².